The summed E-state index contributed by atoms with van der Waals surface area (Å²) in [4.78, 5) is 3.08. The molecule has 0 saturated heterocycles. The average molecular weight is 183 g/mol. The third kappa shape index (κ3) is 2.56. The largest absolute Gasteiger partial charge is 0.380 e. The van der Waals surface area contributed by atoms with Crippen molar-refractivity contribution >= 4 is 0 Å². The molecule has 0 fully saturated rings. The quantitative estimate of drug-likeness (QED) is 0.668. The van der Waals surface area contributed by atoms with Crippen LogP contribution >= 0.6 is 0 Å². The van der Waals surface area contributed by atoms with E-state index in [2.05, 4.69) is 16.5 Å². The van der Waals surface area contributed by atoms with Gasteiger partial charge in [0.05, 0.1) is 6.54 Å². The normalized spacial score (nSPS) is 13.2. The van der Waals surface area contributed by atoms with Crippen LogP contribution in [-0.4, -0.2) is 10.1 Å². The summed E-state index contributed by atoms with van der Waals surface area (Å²) in [7, 11) is 0. The summed E-state index contributed by atoms with van der Waals surface area (Å²) in [6, 6.07) is 0. The number of imidazole rings is 1. The molecule has 3 nitrogen and oxygen atoms in total. The van der Waals surface area contributed by atoms with E-state index in [0.29, 0.717) is 0 Å². The number of aromatic nitrogens is 2. The molecule has 0 aliphatic heterocycles. The minimum atomic E-state index is -0.355. The lowest BCUT2D eigenvalue weighted by Gasteiger charge is -2.03. The molecule has 74 valence electrons. The number of aliphatic hydroxyl groups excluding tert-OH is 1. The molecule has 0 amide bonds. The molecule has 1 unspecified atom stereocenters. The van der Waals surface area contributed by atoms with Crippen molar-refractivity contribution < 1.29 is 9.67 Å². The van der Waals surface area contributed by atoms with Gasteiger partial charge in [0, 0.05) is 0 Å². The molecule has 2 N–H and O–H groups in total. The Labute approximate surface area is 79.4 Å². The predicted octanol–water partition coefficient (Wildman–Crippen LogP) is 1.55. The maximum absolute atomic E-state index is 9.65. The van der Waals surface area contributed by atoms with Crippen molar-refractivity contribution in [3.8, 4) is 0 Å². The Morgan fingerprint density at radius 2 is 2.31 bits per heavy atom. The van der Waals surface area contributed by atoms with Crippen molar-refractivity contribution in [1.82, 2.24) is 4.98 Å². The van der Waals surface area contributed by atoms with Gasteiger partial charge in [-0.15, -0.1) is 0 Å². The van der Waals surface area contributed by atoms with Crippen LogP contribution in [0.2, 0.25) is 0 Å². The molecule has 1 aromatic heterocycles. The number of nitrogens with one attached hydrogen (secondary N) is 1. The Bertz CT molecular complexity index is 245. The zero-order chi connectivity index (χ0) is 9.68. The van der Waals surface area contributed by atoms with E-state index >= 15 is 0 Å². The van der Waals surface area contributed by atoms with Crippen LogP contribution in [0.3, 0.4) is 0 Å². The van der Waals surface area contributed by atoms with E-state index in [1.54, 1.807) is 0 Å². The van der Waals surface area contributed by atoms with Gasteiger partial charge in [-0.05, 0) is 12.8 Å². The Morgan fingerprint density at radius 1 is 1.54 bits per heavy atom. The fourth-order valence-electron chi connectivity index (χ4n) is 1.38. The van der Waals surface area contributed by atoms with E-state index in [1.165, 1.54) is 6.42 Å². The molecule has 0 bridgehead atoms. The topological polar surface area (TPSA) is 39.9 Å². The van der Waals surface area contributed by atoms with Crippen LogP contribution in [0.15, 0.2) is 12.4 Å². The SMILES string of the molecule is CCCC[n+]1cc[nH]c1C(O)CC. The summed E-state index contributed by atoms with van der Waals surface area (Å²) in [5, 5.41) is 9.65. The third-order valence-electron chi connectivity index (χ3n) is 2.25. The van der Waals surface area contributed by atoms with Gasteiger partial charge >= 0.3 is 0 Å². The average Bonchev–Trinajstić information content (AvgIpc) is 2.61. The summed E-state index contributed by atoms with van der Waals surface area (Å²) in [5.74, 6) is 0.927. The first-order valence-electron chi connectivity index (χ1n) is 5.04. The zero-order valence-corrected chi connectivity index (χ0v) is 8.45. The van der Waals surface area contributed by atoms with Gasteiger partial charge in [0.1, 0.15) is 12.4 Å². The van der Waals surface area contributed by atoms with Crippen LogP contribution < -0.4 is 4.57 Å². The molecule has 0 radical (unpaired) electrons. The number of aliphatic hydroxyl groups is 1. The van der Waals surface area contributed by atoms with E-state index < -0.39 is 0 Å². The second kappa shape index (κ2) is 5.02. The zero-order valence-electron chi connectivity index (χ0n) is 8.45. The van der Waals surface area contributed by atoms with E-state index in [1.807, 2.05) is 19.3 Å². The van der Waals surface area contributed by atoms with Crippen LogP contribution in [0.25, 0.3) is 0 Å². The summed E-state index contributed by atoms with van der Waals surface area (Å²) < 4.78 is 2.09. The standard InChI is InChI=1S/C10H18N2O/c1-3-5-7-12-8-6-11-10(12)9(13)4-2/h6,8-9,13H,3-5,7H2,1-2H3/p+1. The van der Waals surface area contributed by atoms with Gasteiger partial charge < -0.3 is 5.11 Å². The highest BCUT2D eigenvalue weighted by atomic mass is 16.3. The van der Waals surface area contributed by atoms with E-state index in [9.17, 15) is 5.11 Å². The fraction of sp³-hybridized carbons (Fsp3) is 0.700. The van der Waals surface area contributed by atoms with Gasteiger partial charge in [0.25, 0.3) is 5.82 Å². The van der Waals surface area contributed by atoms with Crippen molar-refractivity contribution in [2.24, 2.45) is 0 Å². The lowest BCUT2D eigenvalue weighted by molar-refractivity contribution is -0.706. The Kier molecular flexibility index (Phi) is 3.96. The van der Waals surface area contributed by atoms with Crippen molar-refractivity contribution in [1.29, 1.82) is 0 Å². The number of rotatable bonds is 5. The Morgan fingerprint density at radius 3 is 2.92 bits per heavy atom. The molecule has 0 aliphatic carbocycles. The second-order valence-electron chi connectivity index (χ2n) is 3.32. The van der Waals surface area contributed by atoms with E-state index in [0.717, 1.165) is 25.2 Å². The van der Waals surface area contributed by atoms with E-state index in [-0.39, 0.29) is 6.10 Å². The summed E-state index contributed by atoms with van der Waals surface area (Å²) >= 11 is 0. The minimum absolute atomic E-state index is 0.355. The van der Waals surface area contributed by atoms with Crippen molar-refractivity contribution in [3.63, 3.8) is 0 Å². The molecule has 0 aliphatic rings. The molecule has 1 atom stereocenters. The van der Waals surface area contributed by atoms with Crippen LogP contribution in [0, 0.1) is 0 Å². The van der Waals surface area contributed by atoms with Crippen LogP contribution in [0.1, 0.15) is 45.0 Å². The third-order valence-corrected chi connectivity index (χ3v) is 2.25. The maximum atomic E-state index is 9.65. The van der Waals surface area contributed by atoms with Gasteiger partial charge in [-0.25, -0.2) is 9.55 Å². The molecule has 3 heteroatoms. The van der Waals surface area contributed by atoms with Crippen molar-refractivity contribution in [2.45, 2.75) is 45.8 Å². The Balaban J connectivity index is 2.65. The van der Waals surface area contributed by atoms with Gasteiger partial charge in [-0.2, -0.15) is 0 Å². The highest BCUT2D eigenvalue weighted by molar-refractivity contribution is 4.82. The first-order valence-corrected chi connectivity index (χ1v) is 5.04. The molecular formula is C10H19N2O+. The smallest absolute Gasteiger partial charge is 0.283 e. The number of hydrogen-bond acceptors (Lipinski definition) is 1. The lowest BCUT2D eigenvalue weighted by atomic mass is 10.2. The first kappa shape index (κ1) is 10.3. The van der Waals surface area contributed by atoms with Crippen LogP contribution in [0.4, 0.5) is 0 Å². The molecular weight excluding hydrogens is 164 g/mol. The van der Waals surface area contributed by atoms with Gasteiger partial charge in [0.15, 0.2) is 6.10 Å². The predicted molar refractivity (Wildman–Crippen MR) is 51.1 cm³/mol. The summed E-state index contributed by atoms with van der Waals surface area (Å²) in [6.45, 7) is 5.14. The van der Waals surface area contributed by atoms with Crippen LogP contribution in [0.5, 0.6) is 0 Å². The summed E-state index contributed by atoms with van der Waals surface area (Å²) in [6.07, 6.45) is 6.61. The second-order valence-corrected chi connectivity index (χ2v) is 3.32. The number of H-pyrrole nitrogens is 1. The molecule has 13 heavy (non-hydrogen) atoms. The number of nitrogens with zero attached hydrogens (tertiary/aromatic N) is 1. The summed E-state index contributed by atoms with van der Waals surface area (Å²) in [5.41, 5.74) is 0. The minimum Gasteiger partial charge on any atom is -0.380 e. The molecule has 1 heterocycles. The highest BCUT2D eigenvalue weighted by Gasteiger charge is 2.17. The van der Waals surface area contributed by atoms with Crippen molar-refractivity contribution in [3.05, 3.63) is 18.2 Å². The van der Waals surface area contributed by atoms with Gasteiger partial charge in [-0.3, -0.25) is 0 Å². The fourth-order valence-corrected chi connectivity index (χ4v) is 1.38. The molecule has 1 rings (SSSR count). The lowest BCUT2D eigenvalue weighted by Crippen LogP contribution is -2.37. The monoisotopic (exact) mass is 183 g/mol. The number of unbranched alkanes of at least 4 members (excludes halogenated alkanes) is 1. The van der Waals surface area contributed by atoms with E-state index in [4.69, 9.17) is 0 Å². The number of aromatic amines is 1. The maximum Gasteiger partial charge on any atom is 0.283 e. The molecule has 0 aromatic carbocycles. The van der Waals surface area contributed by atoms with Gasteiger partial charge in [-0.1, -0.05) is 20.3 Å². The number of hydrogen-bond donors (Lipinski definition) is 2. The Hall–Kier alpha value is -0.830. The number of aryl methyl sites for hydroxylation is 1. The molecule has 0 spiro atoms. The molecule has 0 saturated carbocycles. The molecule has 1 aromatic rings. The van der Waals surface area contributed by atoms with Crippen LogP contribution in [-0.2, 0) is 6.54 Å². The highest BCUT2D eigenvalue weighted by Crippen LogP contribution is 2.08. The first-order chi connectivity index (χ1) is 6.29. The van der Waals surface area contributed by atoms with Gasteiger partial charge in [0.2, 0.25) is 0 Å². The van der Waals surface area contributed by atoms with Crippen molar-refractivity contribution in [2.75, 3.05) is 0 Å².